The maximum atomic E-state index is 11.3. The van der Waals surface area contributed by atoms with Crippen molar-refractivity contribution in [1.29, 1.82) is 0 Å². The van der Waals surface area contributed by atoms with Crippen molar-refractivity contribution in [2.24, 2.45) is 11.8 Å². The summed E-state index contributed by atoms with van der Waals surface area (Å²) in [6, 6.07) is 1.64. The number of nitrogens with zero attached hydrogens (tertiary/aromatic N) is 3. The maximum absolute atomic E-state index is 11.3. The molecule has 6 nitrogen and oxygen atoms in total. The van der Waals surface area contributed by atoms with E-state index in [4.69, 9.17) is 10.6 Å². The van der Waals surface area contributed by atoms with Gasteiger partial charge >= 0.3 is 6.09 Å². The van der Waals surface area contributed by atoms with Crippen LogP contribution in [0.25, 0.3) is 0 Å². The highest BCUT2D eigenvalue weighted by atomic mass is 16.6. The van der Waals surface area contributed by atoms with Crippen LogP contribution >= 0.6 is 0 Å². The molecule has 0 bridgehead atoms. The highest BCUT2D eigenvalue weighted by Crippen LogP contribution is 2.02. The molecule has 15 heavy (non-hydrogen) atoms. The molecule has 0 saturated carbocycles. The smallest absolute Gasteiger partial charge is 0.431 e. The van der Waals surface area contributed by atoms with Crippen LogP contribution in [0.4, 0.5) is 10.7 Å². The fraction of sp³-hybridized carbons (Fsp3) is 0.444. The van der Waals surface area contributed by atoms with E-state index in [9.17, 15) is 4.79 Å². The normalized spacial score (nSPS) is 10.1. The lowest BCUT2D eigenvalue weighted by Gasteiger charge is -2.14. The molecule has 1 rings (SSSR count). The molecule has 1 aromatic heterocycles. The highest BCUT2D eigenvalue weighted by Gasteiger charge is 2.15. The number of anilines is 1. The second-order valence-corrected chi connectivity index (χ2v) is 3.39. The minimum Gasteiger partial charge on any atom is -0.448 e. The van der Waals surface area contributed by atoms with Gasteiger partial charge in [0.05, 0.1) is 6.61 Å². The SMILES string of the molecule is CC(C)COC(=O)N(N)c1ncccn1. The van der Waals surface area contributed by atoms with E-state index >= 15 is 0 Å². The summed E-state index contributed by atoms with van der Waals surface area (Å²) in [6.07, 6.45) is 2.34. The average Bonchev–Trinajstić information content (AvgIpc) is 2.26. The Hall–Kier alpha value is -1.69. The summed E-state index contributed by atoms with van der Waals surface area (Å²) in [5.74, 6) is 5.84. The number of nitrogens with two attached hydrogens (primary N) is 1. The van der Waals surface area contributed by atoms with Crippen molar-refractivity contribution in [1.82, 2.24) is 9.97 Å². The van der Waals surface area contributed by atoms with E-state index in [2.05, 4.69) is 9.97 Å². The first-order valence-electron chi connectivity index (χ1n) is 4.60. The molecule has 6 heteroatoms. The molecule has 0 aromatic carbocycles. The summed E-state index contributed by atoms with van der Waals surface area (Å²) < 4.78 is 4.90. The second kappa shape index (κ2) is 5.26. The Morgan fingerprint density at radius 1 is 1.53 bits per heavy atom. The zero-order valence-electron chi connectivity index (χ0n) is 8.75. The lowest BCUT2D eigenvalue weighted by Crippen LogP contribution is -2.39. The van der Waals surface area contributed by atoms with Crippen molar-refractivity contribution >= 4 is 12.0 Å². The van der Waals surface area contributed by atoms with Crippen LogP contribution in [0.1, 0.15) is 13.8 Å². The van der Waals surface area contributed by atoms with Gasteiger partial charge in [-0.25, -0.2) is 20.6 Å². The molecule has 0 aliphatic rings. The van der Waals surface area contributed by atoms with Crippen molar-refractivity contribution in [2.45, 2.75) is 13.8 Å². The average molecular weight is 210 g/mol. The molecule has 2 N–H and O–H groups in total. The second-order valence-electron chi connectivity index (χ2n) is 3.39. The number of amides is 1. The molecule has 1 amide bonds. The molecule has 0 radical (unpaired) electrons. The van der Waals surface area contributed by atoms with Crippen molar-refractivity contribution in [3.05, 3.63) is 18.5 Å². The predicted octanol–water partition coefficient (Wildman–Crippen LogP) is 0.949. The van der Waals surface area contributed by atoms with Crippen LogP contribution in [0.3, 0.4) is 0 Å². The van der Waals surface area contributed by atoms with Crippen LogP contribution < -0.4 is 10.9 Å². The van der Waals surface area contributed by atoms with Gasteiger partial charge < -0.3 is 4.74 Å². The summed E-state index contributed by atoms with van der Waals surface area (Å²) in [6.45, 7) is 4.19. The number of hydrogen-bond donors (Lipinski definition) is 1. The Morgan fingerprint density at radius 2 is 2.13 bits per heavy atom. The number of hydrazine groups is 1. The summed E-state index contributed by atoms with van der Waals surface area (Å²) in [7, 11) is 0. The van der Waals surface area contributed by atoms with Crippen LogP contribution in [0.2, 0.25) is 0 Å². The van der Waals surface area contributed by atoms with Gasteiger partial charge in [0.2, 0.25) is 5.95 Å². The Balaban J connectivity index is 2.54. The molecule has 0 fully saturated rings. The predicted molar refractivity (Wildman–Crippen MR) is 54.9 cm³/mol. The molecule has 82 valence electrons. The van der Waals surface area contributed by atoms with Crippen molar-refractivity contribution in [3.8, 4) is 0 Å². The van der Waals surface area contributed by atoms with Crippen molar-refractivity contribution < 1.29 is 9.53 Å². The van der Waals surface area contributed by atoms with Crippen LogP contribution in [0, 0.1) is 5.92 Å². The van der Waals surface area contributed by atoms with Crippen molar-refractivity contribution in [2.75, 3.05) is 11.6 Å². The van der Waals surface area contributed by atoms with Crippen LogP contribution in [-0.4, -0.2) is 22.7 Å². The first-order chi connectivity index (χ1) is 7.11. The largest absolute Gasteiger partial charge is 0.448 e. The van der Waals surface area contributed by atoms with Gasteiger partial charge in [0.15, 0.2) is 0 Å². The van der Waals surface area contributed by atoms with Gasteiger partial charge in [-0.3, -0.25) is 0 Å². The monoisotopic (exact) mass is 210 g/mol. The van der Waals surface area contributed by atoms with E-state index in [1.54, 1.807) is 6.07 Å². The van der Waals surface area contributed by atoms with Gasteiger partial charge in [-0.05, 0) is 12.0 Å². The van der Waals surface area contributed by atoms with Gasteiger partial charge in [-0.15, -0.1) is 0 Å². The Labute approximate surface area is 88.0 Å². The van der Waals surface area contributed by atoms with Crippen LogP contribution in [-0.2, 0) is 4.74 Å². The third kappa shape index (κ3) is 3.51. The van der Waals surface area contributed by atoms with Gasteiger partial charge in [-0.1, -0.05) is 13.8 Å². The number of rotatable bonds is 3. The first kappa shape index (κ1) is 11.4. The number of ether oxygens (including phenoxy) is 1. The molecular formula is C9H14N4O2. The topological polar surface area (TPSA) is 81.3 Å². The summed E-state index contributed by atoms with van der Waals surface area (Å²) in [5, 5.41) is 0.780. The van der Waals surface area contributed by atoms with Crippen LogP contribution in [0.5, 0.6) is 0 Å². The molecule has 1 aromatic rings. The van der Waals surface area contributed by atoms with E-state index in [1.165, 1.54) is 12.4 Å². The lowest BCUT2D eigenvalue weighted by molar-refractivity contribution is 0.139. The minimum absolute atomic E-state index is 0.117. The standard InChI is InChI=1S/C9H14N4O2/c1-7(2)6-15-9(14)13(10)8-11-4-3-5-12-8/h3-5,7H,6,10H2,1-2H3. The fourth-order valence-electron chi connectivity index (χ4n) is 0.805. The third-order valence-corrected chi connectivity index (χ3v) is 1.50. The minimum atomic E-state index is -0.657. The van der Waals surface area contributed by atoms with E-state index in [0.29, 0.717) is 6.61 Å². The zero-order valence-corrected chi connectivity index (χ0v) is 8.75. The van der Waals surface area contributed by atoms with Gasteiger partial charge in [0, 0.05) is 12.4 Å². The molecule has 0 aliphatic carbocycles. The first-order valence-corrected chi connectivity index (χ1v) is 4.60. The van der Waals surface area contributed by atoms with Crippen LogP contribution in [0.15, 0.2) is 18.5 Å². The number of carbonyl (C=O) groups excluding carboxylic acids is 1. The van der Waals surface area contributed by atoms with E-state index in [-0.39, 0.29) is 11.9 Å². The summed E-state index contributed by atoms with van der Waals surface area (Å²) >= 11 is 0. The molecule has 1 heterocycles. The lowest BCUT2D eigenvalue weighted by atomic mass is 10.2. The molecule has 0 unspecified atom stereocenters. The Kier molecular flexibility index (Phi) is 3.99. The van der Waals surface area contributed by atoms with Gasteiger partial charge in [0.25, 0.3) is 0 Å². The summed E-state index contributed by atoms with van der Waals surface area (Å²) in [5.41, 5.74) is 0. The molecule has 0 spiro atoms. The third-order valence-electron chi connectivity index (χ3n) is 1.50. The molecular weight excluding hydrogens is 196 g/mol. The number of hydrogen-bond acceptors (Lipinski definition) is 5. The van der Waals surface area contributed by atoms with Gasteiger partial charge in [0.1, 0.15) is 0 Å². The van der Waals surface area contributed by atoms with Gasteiger partial charge in [-0.2, -0.15) is 5.01 Å². The number of aromatic nitrogens is 2. The summed E-state index contributed by atoms with van der Waals surface area (Å²) in [4.78, 5) is 19.0. The molecule has 0 aliphatic heterocycles. The molecule has 0 saturated heterocycles. The Morgan fingerprint density at radius 3 is 2.67 bits per heavy atom. The maximum Gasteiger partial charge on any atom is 0.431 e. The van der Waals surface area contributed by atoms with E-state index in [1.807, 2.05) is 13.8 Å². The molecule has 0 atom stereocenters. The van der Waals surface area contributed by atoms with Crippen molar-refractivity contribution in [3.63, 3.8) is 0 Å². The van der Waals surface area contributed by atoms with E-state index < -0.39 is 6.09 Å². The zero-order chi connectivity index (χ0) is 11.3. The number of carbonyl (C=O) groups is 1. The highest BCUT2D eigenvalue weighted by molar-refractivity contribution is 5.83. The fourth-order valence-corrected chi connectivity index (χ4v) is 0.805. The Bertz CT molecular complexity index is 315. The van der Waals surface area contributed by atoms with E-state index in [0.717, 1.165) is 5.01 Å². The quantitative estimate of drug-likeness (QED) is 0.456.